The van der Waals surface area contributed by atoms with Crippen LogP contribution in [0.1, 0.15) is 29.0 Å². The maximum Gasteiger partial charge on any atom is 0.407 e. The summed E-state index contributed by atoms with van der Waals surface area (Å²) < 4.78 is 5.53. The molecule has 6 heteroatoms. The van der Waals surface area contributed by atoms with Gasteiger partial charge in [-0.15, -0.1) is 0 Å². The SMILES string of the molecule is O=C(O)CC(Cc1cccnc1)NC(=O)OCC1c2ccccc2-c2ccccc21. The van der Waals surface area contributed by atoms with Gasteiger partial charge in [0.25, 0.3) is 0 Å². The molecule has 0 radical (unpaired) electrons. The molecule has 2 N–H and O–H groups in total. The fourth-order valence-electron chi connectivity index (χ4n) is 4.00. The zero-order chi connectivity index (χ0) is 20.9. The predicted molar refractivity (Wildman–Crippen MR) is 112 cm³/mol. The quantitative estimate of drug-likeness (QED) is 0.623. The normalized spacial score (nSPS) is 13.2. The van der Waals surface area contributed by atoms with Gasteiger partial charge in [-0.3, -0.25) is 9.78 Å². The van der Waals surface area contributed by atoms with Gasteiger partial charge in [0.15, 0.2) is 0 Å². The van der Waals surface area contributed by atoms with Crippen molar-refractivity contribution in [2.45, 2.75) is 24.8 Å². The summed E-state index contributed by atoms with van der Waals surface area (Å²) in [4.78, 5) is 27.7. The number of carbonyl (C=O) groups is 2. The van der Waals surface area contributed by atoms with E-state index in [1.807, 2.05) is 30.3 Å². The highest BCUT2D eigenvalue weighted by Gasteiger charge is 2.29. The number of hydrogen-bond acceptors (Lipinski definition) is 4. The van der Waals surface area contributed by atoms with Crippen molar-refractivity contribution in [3.63, 3.8) is 0 Å². The third kappa shape index (κ3) is 4.33. The van der Waals surface area contributed by atoms with Gasteiger partial charge in [0.1, 0.15) is 6.61 Å². The summed E-state index contributed by atoms with van der Waals surface area (Å²) in [6.07, 6.45) is 2.86. The number of amides is 1. The summed E-state index contributed by atoms with van der Waals surface area (Å²) in [5, 5.41) is 11.9. The van der Waals surface area contributed by atoms with Crippen LogP contribution in [-0.2, 0) is 16.0 Å². The zero-order valence-corrected chi connectivity index (χ0v) is 16.3. The van der Waals surface area contributed by atoms with Crippen molar-refractivity contribution < 1.29 is 19.4 Å². The Labute approximate surface area is 174 Å². The van der Waals surface area contributed by atoms with Crippen LogP contribution in [0.3, 0.4) is 0 Å². The highest BCUT2D eigenvalue weighted by Crippen LogP contribution is 2.44. The fraction of sp³-hybridized carbons (Fsp3) is 0.208. The lowest BCUT2D eigenvalue weighted by atomic mass is 9.98. The lowest BCUT2D eigenvalue weighted by Crippen LogP contribution is -2.39. The molecule has 1 unspecified atom stereocenters. The Hall–Kier alpha value is -3.67. The average Bonchev–Trinajstić information content (AvgIpc) is 3.06. The number of aromatic nitrogens is 1. The maximum atomic E-state index is 12.5. The molecule has 3 aromatic rings. The smallest absolute Gasteiger partial charge is 0.407 e. The molecule has 1 heterocycles. The maximum absolute atomic E-state index is 12.5. The molecular weight excluding hydrogens is 380 g/mol. The van der Waals surface area contributed by atoms with Crippen LogP contribution >= 0.6 is 0 Å². The van der Waals surface area contributed by atoms with Crippen LogP contribution in [0.15, 0.2) is 73.1 Å². The molecule has 1 aromatic heterocycles. The molecule has 2 aromatic carbocycles. The number of nitrogens with zero attached hydrogens (tertiary/aromatic N) is 1. The van der Waals surface area contributed by atoms with E-state index < -0.39 is 18.1 Å². The minimum atomic E-state index is -0.983. The summed E-state index contributed by atoms with van der Waals surface area (Å²) in [6.45, 7) is 0.187. The molecule has 0 bridgehead atoms. The Morgan fingerprint density at radius 3 is 2.27 bits per heavy atom. The van der Waals surface area contributed by atoms with Crippen molar-refractivity contribution in [2.75, 3.05) is 6.61 Å². The van der Waals surface area contributed by atoms with Gasteiger partial charge < -0.3 is 15.2 Å². The first-order valence-corrected chi connectivity index (χ1v) is 9.84. The fourth-order valence-corrected chi connectivity index (χ4v) is 4.00. The second-order valence-corrected chi connectivity index (χ2v) is 7.33. The first-order chi connectivity index (χ1) is 14.6. The molecule has 1 amide bonds. The molecule has 0 spiro atoms. The molecule has 4 rings (SSSR count). The van der Waals surface area contributed by atoms with Crippen LogP contribution in [0.25, 0.3) is 11.1 Å². The molecule has 0 saturated heterocycles. The second-order valence-electron chi connectivity index (χ2n) is 7.33. The molecule has 0 aliphatic heterocycles. The topological polar surface area (TPSA) is 88.5 Å². The van der Waals surface area contributed by atoms with Gasteiger partial charge in [0.05, 0.1) is 6.42 Å². The molecule has 30 heavy (non-hydrogen) atoms. The average molecular weight is 402 g/mol. The third-order valence-electron chi connectivity index (χ3n) is 5.29. The van der Waals surface area contributed by atoms with E-state index in [4.69, 9.17) is 4.74 Å². The molecule has 1 aliphatic carbocycles. The second kappa shape index (κ2) is 8.78. The van der Waals surface area contributed by atoms with Crippen LogP contribution in [0, 0.1) is 0 Å². The number of aliphatic carboxylic acids is 1. The van der Waals surface area contributed by atoms with Crippen LogP contribution in [0.2, 0.25) is 0 Å². The number of carboxylic acids is 1. The van der Waals surface area contributed by atoms with Crippen molar-refractivity contribution in [2.24, 2.45) is 0 Å². The molecular formula is C24H22N2O4. The lowest BCUT2D eigenvalue weighted by molar-refractivity contribution is -0.137. The van der Waals surface area contributed by atoms with Crippen molar-refractivity contribution in [3.05, 3.63) is 89.7 Å². The summed E-state index contributed by atoms with van der Waals surface area (Å²) in [5.41, 5.74) is 5.42. The highest BCUT2D eigenvalue weighted by molar-refractivity contribution is 5.79. The van der Waals surface area contributed by atoms with Crippen molar-refractivity contribution in [3.8, 4) is 11.1 Å². The summed E-state index contributed by atoms with van der Waals surface area (Å²) >= 11 is 0. The van der Waals surface area contributed by atoms with Gasteiger partial charge in [-0.2, -0.15) is 0 Å². The number of benzene rings is 2. The number of hydrogen-bond donors (Lipinski definition) is 2. The zero-order valence-electron chi connectivity index (χ0n) is 16.3. The number of rotatable bonds is 7. The van der Waals surface area contributed by atoms with E-state index in [-0.39, 0.29) is 18.9 Å². The monoisotopic (exact) mass is 402 g/mol. The van der Waals surface area contributed by atoms with E-state index in [9.17, 15) is 14.7 Å². The summed E-state index contributed by atoms with van der Waals surface area (Å²) in [5.74, 6) is -1.03. The summed E-state index contributed by atoms with van der Waals surface area (Å²) in [6, 6.07) is 19.3. The van der Waals surface area contributed by atoms with E-state index in [1.54, 1.807) is 18.5 Å². The number of pyridine rings is 1. The number of alkyl carbamates (subject to hydrolysis) is 1. The van der Waals surface area contributed by atoms with E-state index in [1.165, 1.54) is 0 Å². The van der Waals surface area contributed by atoms with Crippen molar-refractivity contribution in [1.29, 1.82) is 0 Å². The standard InChI is InChI=1S/C24H22N2O4/c27-23(28)13-17(12-16-6-5-11-25-14-16)26-24(29)30-15-22-20-9-3-1-7-18(20)19-8-2-4-10-21(19)22/h1-11,14,17,22H,12-13,15H2,(H,26,29)(H,27,28). The van der Waals surface area contributed by atoms with Gasteiger partial charge in [0, 0.05) is 24.4 Å². The van der Waals surface area contributed by atoms with E-state index in [2.05, 4.69) is 34.6 Å². The van der Waals surface area contributed by atoms with Crippen molar-refractivity contribution in [1.82, 2.24) is 10.3 Å². The highest BCUT2D eigenvalue weighted by atomic mass is 16.5. The first kappa shape index (κ1) is 19.6. The Bertz CT molecular complexity index is 1010. The van der Waals surface area contributed by atoms with Crippen LogP contribution in [-0.4, -0.2) is 34.8 Å². The molecule has 6 nitrogen and oxygen atoms in total. The molecule has 0 fully saturated rings. The molecule has 152 valence electrons. The minimum absolute atomic E-state index is 0.0422. The predicted octanol–water partition coefficient (Wildman–Crippen LogP) is 4.01. The van der Waals surface area contributed by atoms with Gasteiger partial charge in [0.2, 0.25) is 0 Å². The lowest BCUT2D eigenvalue weighted by Gasteiger charge is -2.19. The minimum Gasteiger partial charge on any atom is -0.481 e. The molecule has 1 atom stereocenters. The number of carbonyl (C=O) groups excluding carboxylic acids is 1. The van der Waals surface area contributed by atoms with Crippen molar-refractivity contribution >= 4 is 12.1 Å². The number of ether oxygens (including phenoxy) is 1. The first-order valence-electron chi connectivity index (χ1n) is 9.84. The van der Waals surface area contributed by atoms with E-state index in [0.717, 1.165) is 27.8 Å². The summed E-state index contributed by atoms with van der Waals surface area (Å²) in [7, 11) is 0. The van der Waals surface area contributed by atoms with E-state index in [0.29, 0.717) is 6.42 Å². The Balaban J connectivity index is 1.43. The van der Waals surface area contributed by atoms with Crippen LogP contribution < -0.4 is 5.32 Å². The van der Waals surface area contributed by atoms with Gasteiger partial charge in [-0.1, -0.05) is 54.6 Å². The van der Waals surface area contributed by atoms with Gasteiger partial charge in [-0.05, 0) is 40.3 Å². The van der Waals surface area contributed by atoms with E-state index >= 15 is 0 Å². The number of nitrogens with one attached hydrogen (secondary N) is 1. The Morgan fingerprint density at radius 1 is 1.00 bits per heavy atom. The Kier molecular flexibility index (Phi) is 5.75. The third-order valence-corrected chi connectivity index (χ3v) is 5.29. The van der Waals surface area contributed by atoms with Gasteiger partial charge >= 0.3 is 12.1 Å². The van der Waals surface area contributed by atoms with Crippen LogP contribution in [0.5, 0.6) is 0 Å². The molecule has 0 saturated carbocycles. The number of carboxylic acid groups (broad SMARTS) is 1. The van der Waals surface area contributed by atoms with Crippen LogP contribution in [0.4, 0.5) is 4.79 Å². The number of fused-ring (bicyclic) bond motifs is 3. The largest absolute Gasteiger partial charge is 0.481 e. The Morgan fingerprint density at radius 2 is 1.67 bits per heavy atom. The van der Waals surface area contributed by atoms with Gasteiger partial charge in [-0.25, -0.2) is 4.79 Å². The molecule has 1 aliphatic rings.